The van der Waals surface area contributed by atoms with Crippen molar-refractivity contribution in [1.82, 2.24) is 0 Å². The minimum absolute atomic E-state index is 0.0135. The SMILES string of the molecule is O=C(c1ccccc1)N(c1cccc(C(F)(F)F)c1)C1C=CS(=O)(=O)C1. The molecule has 2 aromatic rings. The van der Waals surface area contributed by atoms with Gasteiger partial charge in [-0.25, -0.2) is 8.42 Å². The van der Waals surface area contributed by atoms with Gasteiger partial charge in [-0.05, 0) is 36.4 Å². The van der Waals surface area contributed by atoms with Gasteiger partial charge in [0.15, 0.2) is 9.84 Å². The molecule has 26 heavy (non-hydrogen) atoms. The number of carbonyl (C=O) groups excluding carboxylic acids is 1. The number of rotatable bonds is 3. The highest BCUT2D eigenvalue weighted by Gasteiger charge is 2.35. The molecule has 0 spiro atoms. The predicted octanol–water partition coefficient (Wildman–Crippen LogP) is 3.66. The van der Waals surface area contributed by atoms with Crippen LogP contribution in [0.2, 0.25) is 0 Å². The van der Waals surface area contributed by atoms with Crippen LogP contribution in [-0.4, -0.2) is 26.1 Å². The first-order chi connectivity index (χ1) is 12.2. The first-order valence-electron chi connectivity index (χ1n) is 7.64. The number of amides is 1. The van der Waals surface area contributed by atoms with Gasteiger partial charge < -0.3 is 4.90 Å². The van der Waals surface area contributed by atoms with Gasteiger partial charge in [0, 0.05) is 16.7 Å². The van der Waals surface area contributed by atoms with Crippen molar-refractivity contribution in [3.05, 3.63) is 77.2 Å². The number of benzene rings is 2. The summed E-state index contributed by atoms with van der Waals surface area (Å²) in [4.78, 5) is 14.0. The van der Waals surface area contributed by atoms with Gasteiger partial charge in [0.1, 0.15) is 0 Å². The molecule has 0 bridgehead atoms. The zero-order chi connectivity index (χ0) is 18.9. The summed E-state index contributed by atoms with van der Waals surface area (Å²) in [5.41, 5.74) is -0.672. The molecule has 0 fully saturated rings. The number of sulfone groups is 1. The van der Waals surface area contributed by atoms with E-state index in [0.29, 0.717) is 0 Å². The Hall–Kier alpha value is -2.61. The molecular weight excluding hydrogens is 367 g/mol. The Balaban J connectivity index is 2.07. The second kappa shape index (κ2) is 6.60. The van der Waals surface area contributed by atoms with Crippen LogP contribution in [0.5, 0.6) is 0 Å². The molecule has 0 aliphatic carbocycles. The number of carbonyl (C=O) groups is 1. The third kappa shape index (κ3) is 3.80. The van der Waals surface area contributed by atoms with Crippen molar-refractivity contribution in [2.75, 3.05) is 10.7 Å². The lowest BCUT2D eigenvalue weighted by atomic mass is 10.1. The number of hydrogen-bond acceptors (Lipinski definition) is 3. The van der Waals surface area contributed by atoms with Crippen molar-refractivity contribution in [2.45, 2.75) is 12.2 Å². The van der Waals surface area contributed by atoms with E-state index in [1.54, 1.807) is 18.2 Å². The molecule has 1 heterocycles. The van der Waals surface area contributed by atoms with Gasteiger partial charge in [-0.3, -0.25) is 4.79 Å². The first kappa shape index (κ1) is 18.2. The van der Waals surface area contributed by atoms with Gasteiger partial charge in [0.05, 0.1) is 17.4 Å². The summed E-state index contributed by atoms with van der Waals surface area (Å²) in [5, 5.41) is 0.983. The molecule has 8 heteroatoms. The molecule has 0 radical (unpaired) electrons. The van der Waals surface area contributed by atoms with Gasteiger partial charge in [0.25, 0.3) is 5.91 Å². The van der Waals surface area contributed by atoms with Crippen LogP contribution in [0.15, 0.2) is 66.1 Å². The van der Waals surface area contributed by atoms with Gasteiger partial charge in [0.2, 0.25) is 0 Å². The number of hydrogen-bond donors (Lipinski definition) is 0. The smallest absolute Gasteiger partial charge is 0.300 e. The van der Waals surface area contributed by atoms with E-state index in [2.05, 4.69) is 0 Å². The lowest BCUT2D eigenvalue weighted by Gasteiger charge is -2.28. The molecule has 136 valence electrons. The molecule has 1 atom stereocenters. The molecule has 1 amide bonds. The van der Waals surface area contributed by atoms with Crippen molar-refractivity contribution >= 4 is 21.4 Å². The maximum Gasteiger partial charge on any atom is 0.416 e. The van der Waals surface area contributed by atoms with Crippen LogP contribution in [0.25, 0.3) is 0 Å². The Labute approximate surface area is 148 Å². The fourth-order valence-electron chi connectivity index (χ4n) is 2.73. The van der Waals surface area contributed by atoms with E-state index in [1.165, 1.54) is 30.3 Å². The van der Waals surface area contributed by atoms with Crippen molar-refractivity contribution < 1.29 is 26.4 Å². The lowest BCUT2D eigenvalue weighted by molar-refractivity contribution is -0.137. The number of anilines is 1. The lowest BCUT2D eigenvalue weighted by Crippen LogP contribution is -2.41. The average molecular weight is 381 g/mol. The molecule has 0 aromatic heterocycles. The summed E-state index contributed by atoms with van der Waals surface area (Å²) in [6.07, 6.45) is -3.26. The Bertz CT molecular complexity index is 953. The molecular formula is C18H14F3NO3S. The van der Waals surface area contributed by atoms with Crippen LogP contribution in [0.4, 0.5) is 18.9 Å². The topological polar surface area (TPSA) is 54.5 Å². The largest absolute Gasteiger partial charge is 0.416 e. The molecule has 0 N–H and O–H groups in total. The molecule has 0 saturated heterocycles. The number of alkyl halides is 3. The van der Waals surface area contributed by atoms with E-state index >= 15 is 0 Å². The van der Waals surface area contributed by atoms with Crippen LogP contribution >= 0.6 is 0 Å². The molecule has 1 unspecified atom stereocenters. The molecule has 1 aliphatic rings. The van der Waals surface area contributed by atoms with Crippen molar-refractivity contribution in [3.8, 4) is 0 Å². The van der Waals surface area contributed by atoms with Gasteiger partial charge >= 0.3 is 6.18 Å². The third-order valence-corrected chi connectivity index (χ3v) is 5.31. The van der Waals surface area contributed by atoms with Crippen molar-refractivity contribution in [3.63, 3.8) is 0 Å². The van der Waals surface area contributed by atoms with E-state index in [9.17, 15) is 26.4 Å². The highest BCUT2D eigenvalue weighted by atomic mass is 32.2. The second-order valence-corrected chi connectivity index (χ2v) is 7.75. The Morgan fingerprint density at radius 2 is 1.73 bits per heavy atom. The first-order valence-corrected chi connectivity index (χ1v) is 9.36. The highest BCUT2D eigenvalue weighted by Crippen LogP contribution is 2.33. The predicted molar refractivity (Wildman–Crippen MR) is 91.4 cm³/mol. The van der Waals surface area contributed by atoms with E-state index < -0.39 is 33.5 Å². The van der Waals surface area contributed by atoms with Crippen LogP contribution in [-0.2, 0) is 16.0 Å². The van der Waals surface area contributed by atoms with Crippen molar-refractivity contribution in [2.24, 2.45) is 0 Å². The Morgan fingerprint density at radius 3 is 2.31 bits per heavy atom. The minimum Gasteiger partial charge on any atom is -0.300 e. The summed E-state index contributed by atoms with van der Waals surface area (Å²) in [5.74, 6) is -0.946. The zero-order valence-corrected chi connectivity index (χ0v) is 14.2. The molecule has 0 saturated carbocycles. The standard InChI is InChI=1S/C18H14F3NO3S/c19-18(20,21)14-7-4-8-15(11-14)22(16-9-10-26(24,25)12-16)17(23)13-5-2-1-3-6-13/h1-11,16H,12H2. The van der Waals surface area contributed by atoms with Crippen LogP contribution < -0.4 is 4.90 Å². The third-order valence-electron chi connectivity index (χ3n) is 3.93. The van der Waals surface area contributed by atoms with Gasteiger partial charge in [-0.15, -0.1) is 0 Å². The van der Waals surface area contributed by atoms with Crippen LogP contribution in [0.3, 0.4) is 0 Å². The summed E-state index contributed by atoms with van der Waals surface area (Å²) >= 11 is 0. The molecule has 3 rings (SSSR count). The van der Waals surface area contributed by atoms with Gasteiger partial charge in [-0.1, -0.05) is 24.3 Å². The van der Waals surface area contributed by atoms with E-state index in [0.717, 1.165) is 22.4 Å². The van der Waals surface area contributed by atoms with E-state index in [4.69, 9.17) is 0 Å². The van der Waals surface area contributed by atoms with Crippen LogP contribution in [0.1, 0.15) is 15.9 Å². The summed E-state index contributed by atoms with van der Waals surface area (Å²) < 4.78 is 62.6. The van der Waals surface area contributed by atoms with Crippen LogP contribution in [0, 0.1) is 0 Å². The Kier molecular flexibility index (Phi) is 4.62. The molecule has 4 nitrogen and oxygen atoms in total. The van der Waals surface area contributed by atoms with Crippen molar-refractivity contribution in [1.29, 1.82) is 0 Å². The summed E-state index contributed by atoms with van der Waals surface area (Å²) in [6.45, 7) is 0. The quantitative estimate of drug-likeness (QED) is 0.815. The summed E-state index contributed by atoms with van der Waals surface area (Å²) in [7, 11) is -3.50. The second-order valence-electron chi connectivity index (χ2n) is 5.81. The fourth-order valence-corrected chi connectivity index (χ4v) is 4.00. The highest BCUT2D eigenvalue weighted by molar-refractivity contribution is 7.94. The Morgan fingerprint density at radius 1 is 1.04 bits per heavy atom. The monoisotopic (exact) mass is 381 g/mol. The van der Waals surface area contributed by atoms with Gasteiger partial charge in [-0.2, -0.15) is 13.2 Å². The number of halogens is 3. The van der Waals surface area contributed by atoms with E-state index in [1.807, 2.05) is 0 Å². The fraction of sp³-hybridized carbons (Fsp3) is 0.167. The number of nitrogens with zero attached hydrogens (tertiary/aromatic N) is 1. The normalized spacial score (nSPS) is 18.7. The average Bonchev–Trinajstić information content (AvgIpc) is 2.95. The minimum atomic E-state index is -4.57. The molecule has 1 aliphatic heterocycles. The summed E-state index contributed by atoms with van der Waals surface area (Å²) in [6, 6.07) is 11.4. The zero-order valence-electron chi connectivity index (χ0n) is 13.3. The maximum atomic E-state index is 13.0. The van der Waals surface area contributed by atoms with E-state index in [-0.39, 0.29) is 17.0 Å². The maximum absolute atomic E-state index is 13.0. The molecule has 2 aromatic carbocycles.